The molecule has 0 amide bonds. The number of nitrogens with one attached hydrogen (secondary N) is 1. The maximum absolute atomic E-state index is 13.7. The van der Waals surface area contributed by atoms with Gasteiger partial charge in [-0.3, -0.25) is 4.21 Å². The molecule has 0 saturated heterocycles. The monoisotopic (exact) mass is 523 g/mol. The zero-order chi connectivity index (χ0) is 24.8. The first-order chi connectivity index (χ1) is 17.4. The van der Waals surface area contributed by atoms with Crippen molar-refractivity contribution in [2.24, 2.45) is 0 Å². The van der Waals surface area contributed by atoms with Crippen molar-refractivity contribution < 1.29 is 8.60 Å². The third kappa shape index (κ3) is 4.35. The van der Waals surface area contributed by atoms with E-state index in [2.05, 4.69) is 31.0 Å². The van der Waals surface area contributed by atoms with Crippen LogP contribution in [0.4, 0.5) is 21.8 Å². The molecule has 11 heteroatoms. The Kier molecular flexibility index (Phi) is 5.93. The number of aryl methyl sites for hydroxylation is 2. The zero-order valence-electron chi connectivity index (χ0n) is 19.5. The van der Waals surface area contributed by atoms with Gasteiger partial charge >= 0.3 is 0 Å². The molecule has 0 aliphatic carbocycles. The van der Waals surface area contributed by atoms with E-state index in [9.17, 15) is 8.60 Å². The van der Waals surface area contributed by atoms with Gasteiger partial charge < -0.3 is 14.8 Å². The molecular weight excluding hydrogens is 501 g/mol. The molecule has 0 saturated carbocycles. The van der Waals surface area contributed by atoms with Crippen molar-refractivity contribution >= 4 is 39.9 Å². The van der Waals surface area contributed by atoms with Crippen molar-refractivity contribution in [2.45, 2.75) is 37.8 Å². The number of rotatable bonds is 5. The lowest BCUT2D eigenvalue weighted by Crippen LogP contribution is -2.35. The molecule has 184 valence electrons. The summed E-state index contributed by atoms with van der Waals surface area (Å²) in [6.45, 7) is 3.88. The Labute approximate surface area is 215 Å². The molecule has 4 aromatic rings. The van der Waals surface area contributed by atoms with E-state index in [0.29, 0.717) is 60.6 Å². The van der Waals surface area contributed by atoms with E-state index in [0.717, 1.165) is 33.5 Å². The maximum atomic E-state index is 13.7. The van der Waals surface area contributed by atoms with Crippen molar-refractivity contribution in [1.29, 1.82) is 0 Å². The molecule has 2 aromatic carbocycles. The lowest BCUT2D eigenvalue weighted by Gasteiger charge is -2.28. The van der Waals surface area contributed by atoms with Crippen molar-refractivity contribution in [2.75, 3.05) is 22.5 Å². The summed E-state index contributed by atoms with van der Waals surface area (Å²) < 4.78 is 28.6. The quantitative estimate of drug-likeness (QED) is 0.419. The van der Waals surface area contributed by atoms with Crippen molar-refractivity contribution in [3.05, 3.63) is 81.8 Å². The van der Waals surface area contributed by atoms with Crippen LogP contribution in [0, 0.1) is 12.7 Å². The third-order valence-corrected chi connectivity index (χ3v) is 8.34. The normalized spacial score (nSPS) is 16.6. The van der Waals surface area contributed by atoms with Gasteiger partial charge in [-0.1, -0.05) is 29.8 Å². The van der Waals surface area contributed by atoms with Crippen LogP contribution in [0.3, 0.4) is 0 Å². The van der Waals surface area contributed by atoms with E-state index in [1.165, 1.54) is 12.1 Å². The Balaban J connectivity index is 1.27. The minimum atomic E-state index is -1.19. The summed E-state index contributed by atoms with van der Waals surface area (Å²) in [5.41, 5.74) is 3.49. The first-order valence-electron chi connectivity index (χ1n) is 11.7. The highest BCUT2D eigenvalue weighted by Gasteiger charge is 2.29. The van der Waals surface area contributed by atoms with Crippen molar-refractivity contribution in [3.63, 3.8) is 0 Å². The molecule has 1 atom stereocenters. The van der Waals surface area contributed by atoms with Gasteiger partial charge in [0.05, 0.1) is 23.0 Å². The van der Waals surface area contributed by atoms with Gasteiger partial charge in [0.2, 0.25) is 5.95 Å². The number of fused-ring (bicyclic) bond motifs is 2. The largest absolute Gasteiger partial charge is 0.339 e. The van der Waals surface area contributed by atoms with E-state index in [1.807, 2.05) is 19.1 Å². The number of nitrogens with zero attached hydrogens (tertiary/aromatic N) is 6. The topological polar surface area (TPSA) is 88.8 Å². The smallest absolute Gasteiger partial charge is 0.228 e. The number of anilines is 3. The van der Waals surface area contributed by atoms with Crippen LogP contribution >= 0.6 is 11.6 Å². The minimum absolute atomic E-state index is 0.355. The fraction of sp³-hybridized carbons (Fsp3) is 0.280. The molecule has 0 bridgehead atoms. The van der Waals surface area contributed by atoms with Crippen LogP contribution in [0.5, 0.6) is 0 Å². The second kappa shape index (κ2) is 9.25. The molecule has 1 unspecified atom stereocenters. The predicted molar refractivity (Wildman–Crippen MR) is 137 cm³/mol. The highest BCUT2D eigenvalue weighted by atomic mass is 35.5. The standard InChI is InChI=1S/C25H23ClFN7OS/c1-15-11-16(5-6-19(15)26)12-21-31-32-22-14-33(8-9-34(21)22)25-29-20-7-10-36(35)23(20)24(30-25)28-18-4-2-3-17(27)13-18/h2-6,11,13H,7-10,12,14H2,1H3,(H,28,29,30). The van der Waals surface area contributed by atoms with E-state index in [-0.39, 0.29) is 5.82 Å². The molecule has 2 aromatic heterocycles. The van der Waals surface area contributed by atoms with Crippen LogP contribution in [0.1, 0.15) is 28.5 Å². The lowest BCUT2D eigenvalue weighted by atomic mass is 10.1. The Hall–Kier alpha value is -3.37. The minimum Gasteiger partial charge on any atom is -0.339 e. The predicted octanol–water partition coefficient (Wildman–Crippen LogP) is 4.19. The number of aromatic nitrogens is 5. The van der Waals surface area contributed by atoms with Crippen LogP contribution in [0.25, 0.3) is 0 Å². The van der Waals surface area contributed by atoms with Crippen LogP contribution in [0.2, 0.25) is 5.02 Å². The summed E-state index contributed by atoms with van der Waals surface area (Å²) in [5.74, 6) is 2.90. The van der Waals surface area contributed by atoms with E-state index in [4.69, 9.17) is 21.6 Å². The fourth-order valence-corrected chi connectivity index (χ4v) is 6.06. The number of hydrogen-bond donors (Lipinski definition) is 1. The summed E-state index contributed by atoms with van der Waals surface area (Å²) >= 11 is 6.17. The first kappa shape index (κ1) is 23.1. The van der Waals surface area contributed by atoms with Gasteiger partial charge in [-0.25, -0.2) is 9.37 Å². The SMILES string of the molecule is Cc1cc(Cc2nnc3n2CCN(c2nc4c(c(Nc5cccc(F)c5)n2)S(=O)CC4)C3)ccc1Cl. The summed E-state index contributed by atoms with van der Waals surface area (Å²) in [7, 11) is -1.19. The lowest BCUT2D eigenvalue weighted by molar-refractivity contribution is 0.538. The molecular formula is C25H23ClFN7OS. The summed E-state index contributed by atoms with van der Waals surface area (Å²) in [4.78, 5) is 12.1. The second-order valence-electron chi connectivity index (χ2n) is 8.95. The van der Waals surface area contributed by atoms with Gasteiger partial charge in [-0.05, 0) is 42.3 Å². The zero-order valence-corrected chi connectivity index (χ0v) is 21.1. The Morgan fingerprint density at radius 1 is 1.14 bits per heavy atom. The molecule has 2 aliphatic heterocycles. The van der Waals surface area contributed by atoms with Crippen LogP contribution in [-0.4, -0.2) is 41.2 Å². The van der Waals surface area contributed by atoms with Gasteiger partial charge in [-0.2, -0.15) is 4.98 Å². The Morgan fingerprint density at radius 2 is 2.03 bits per heavy atom. The van der Waals surface area contributed by atoms with Gasteiger partial charge in [0.1, 0.15) is 16.5 Å². The average molecular weight is 524 g/mol. The maximum Gasteiger partial charge on any atom is 0.228 e. The van der Waals surface area contributed by atoms with E-state index in [1.54, 1.807) is 12.1 Å². The van der Waals surface area contributed by atoms with Crippen molar-refractivity contribution in [1.82, 2.24) is 24.7 Å². The Morgan fingerprint density at radius 3 is 2.86 bits per heavy atom. The first-order valence-corrected chi connectivity index (χ1v) is 13.4. The van der Waals surface area contributed by atoms with Gasteiger partial charge in [0.25, 0.3) is 0 Å². The van der Waals surface area contributed by atoms with E-state index < -0.39 is 10.8 Å². The second-order valence-corrected chi connectivity index (χ2v) is 10.9. The molecule has 1 N–H and O–H groups in total. The molecule has 0 fully saturated rings. The fourth-order valence-electron chi connectivity index (χ4n) is 4.63. The molecule has 2 aliphatic rings. The average Bonchev–Trinajstić information content (AvgIpc) is 3.44. The molecule has 0 radical (unpaired) electrons. The van der Waals surface area contributed by atoms with Gasteiger partial charge in [0, 0.05) is 42.4 Å². The van der Waals surface area contributed by atoms with Crippen LogP contribution < -0.4 is 10.2 Å². The molecule has 36 heavy (non-hydrogen) atoms. The van der Waals surface area contributed by atoms with Gasteiger partial charge in [0.15, 0.2) is 11.6 Å². The third-order valence-electron chi connectivity index (χ3n) is 6.46. The summed E-state index contributed by atoms with van der Waals surface area (Å²) in [6, 6.07) is 12.1. The molecule has 6 rings (SSSR count). The summed E-state index contributed by atoms with van der Waals surface area (Å²) in [6.07, 6.45) is 1.29. The van der Waals surface area contributed by atoms with Crippen molar-refractivity contribution in [3.8, 4) is 0 Å². The highest BCUT2D eigenvalue weighted by molar-refractivity contribution is 7.85. The summed E-state index contributed by atoms with van der Waals surface area (Å²) in [5, 5.41) is 12.8. The number of halogens is 2. The molecule has 4 heterocycles. The van der Waals surface area contributed by atoms with Gasteiger partial charge in [-0.15, -0.1) is 10.2 Å². The molecule has 8 nitrogen and oxygen atoms in total. The number of hydrogen-bond acceptors (Lipinski definition) is 7. The van der Waals surface area contributed by atoms with Crippen LogP contribution in [-0.2, 0) is 36.7 Å². The van der Waals surface area contributed by atoms with Crippen LogP contribution in [0.15, 0.2) is 47.4 Å². The molecule has 0 spiro atoms. The highest BCUT2D eigenvalue weighted by Crippen LogP contribution is 2.32. The Bertz CT molecular complexity index is 1510. The van der Waals surface area contributed by atoms with E-state index >= 15 is 0 Å². The number of benzene rings is 2.